The van der Waals surface area contributed by atoms with Gasteiger partial charge in [-0.15, -0.1) is 0 Å². The molecule has 0 aliphatic rings. The van der Waals surface area contributed by atoms with Gasteiger partial charge in [-0.3, -0.25) is 9.69 Å². The molecule has 0 unspecified atom stereocenters. The van der Waals surface area contributed by atoms with Crippen LogP contribution in [-0.2, 0) is 6.54 Å². The lowest BCUT2D eigenvalue weighted by Crippen LogP contribution is -2.30. The summed E-state index contributed by atoms with van der Waals surface area (Å²) in [5.41, 5.74) is 2.62. The molecule has 5 nitrogen and oxygen atoms in total. The van der Waals surface area contributed by atoms with Crippen LogP contribution >= 0.6 is 11.3 Å². The number of aryl methyl sites for hydroxylation is 1. The topological polar surface area (TPSA) is 55.6 Å². The van der Waals surface area contributed by atoms with Gasteiger partial charge in [0.25, 0.3) is 5.91 Å². The fraction of sp³-hybridized carbons (Fsp3) is 0.182. The number of anilines is 1. The second kappa shape index (κ2) is 7.86. The van der Waals surface area contributed by atoms with E-state index in [1.165, 1.54) is 11.3 Å². The van der Waals surface area contributed by atoms with E-state index in [1.807, 2.05) is 50.2 Å². The third kappa shape index (κ3) is 3.77. The number of thiazole rings is 1. The second-order valence-electron chi connectivity index (χ2n) is 6.40. The van der Waals surface area contributed by atoms with E-state index in [0.717, 1.165) is 21.5 Å². The molecule has 0 saturated heterocycles. The second-order valence-corrected chi connectivity index (χ2v) is 7.40. The Balaban J connectivity index is 1.70. The van der Waals surface area contributed by atoms with Crippen LogP contribution in [0.2, 0.25) is 0 Å². The fourth-order valence-corrected chi connectivity index (χ4v) is 4.00. The number of aromatic nitrogens is 1. The Bertz CT molecular complexity index is 1080. The maximum absolute atomic E-state index is 13.3. The molecule has 0 bridgehead atoms. The summed E-state index contributed by atoms with van der Waals surface area (Å²) in [5, 5.41) is 0.649. The molecule has 28 heavy (non-hydrogen) atoms. The minimum absolute atomic E-state index is 0.129. The van der Waals surface area contributed by atoms with Gasteiger partial charge in [0.05, 0.1) is 29.6 Å². The molecular weight excluding hydrogens is 372 g/mol. The largest absolute Gasteiger partial charge is 0.494 e. The van der Waals surface area contributed by atoms with Gasteiger partial charge in [0.1, 0.15) is 11.5 Å². The number of carbonyl (C=O) groups is 1. The minimum atomic E-state index is -0.129. The molecule has 1 amide bonds. The van der Waals surface area contributed by atoms with E-state index in [9.17, 15) is 4.79 Å². The molecule has 0 spiro atoms. The third-order valence-electron chi connectivity index (χ3n) is 4.32. The lowest BCUT2D eigenvalue weighted by atomic mass is 10.2. The number of fused-ring (bicyclic) bond motifs is 1. The van der Waals surface area contributed by atoms with E-state index in [1.54, 1.807) is 23.3 Å². The monoisotopic (exact) mass is 392 g/mol. The number of benzene rings is 2. The first kappa shape index (κ1) is 18.3. The summed E-state index contributed by atoms with van der Waals surface area (Å²) in [7, 11) is 0. The summed E-state index contributed by atoms with van der Waals surface area (Å²) in [4.78, 5) is 19.6. The number of furan rings is 1. The molecule has 2 heterocycles. The molecular formula is C22H20N2O3S. The summed E-state index contributed by atoms with van der Waals surface area (Å²) in [6, 6.07) is 16.9. The zero-order valence-corrected chi connectivity index (χ0v) is 16.5. The highest BCUT2D eigenvalue weighted by Crippen LogP contribution is 2.31. The van der Waals surface area contributed by atoms with Crippen molar-refractivity contribution in [2.75, 3.05) is 11.5 Å². The molecule has 6 heteroatoms. The van der Waals surface area contributed by atoms with Gasteiger partial charge in [0.2, 0.25) is 0 Å². The van der Waals surface area contributed by atoms with Gasteiger partial charge in [-0.1, -0.05) is 17.4 Å². The number of rotatable bonds is 6. The van der Waals surface area contributed by atoms with Gasteiger partial charge in [0.15, 0.2) is 5.13 Å². The van der Waals surface area contributed by atoms with Gasteiger partial charge in [0, 0.05) is 5.56 Å². The van der Waals surface area contributed by atoms with E-state index in [4.69, 9.17) is 9.15 Å². The Morgan fingerprint density at radius 2 is 2.00 bits per heavy atom. The highest BCUT2D eigenvalue weighted by molar-refractivity contribution is 7.22. The van der Waals surface area contributed by atoms with Gasteiger partial charge in [-0.2, -0.15) is 0 Å². The lowest BCUT2D eigenvalue weighted by molar-refractivity contribution is 0.0983. The van der Waals surface area contributed by atoms with Crippen molar-refractivity contribution < 1.29 is 13.9 Å². The maximum atomic E-state index is 13.3. The Morgan fingerprint density at radius 1 is 1.18 bits per heavy atom. The van der Waals surface area contributed by atoms with Crippen molar-refractivity contribution in [3.05, 3.63) is 77.7 Å². The normalized spacial score (nSPS) is 10.9. The molecule has 0 N–H and O–H groups in total. The van der Waals surface area contributed by atoms with Crippen LogP contribution in [0.3, 0.4) is 0 Å². The number of ether oxygens (including phenoxy) is 1. The van der Waals surface area contributed by atoms with Crippen LogP contribution in [0, 0.1) is 6.92 Å². The van der Waals surface area contributed by atoms with E-state index >= 15 is 0 Å². The van der Waals surface area contributed by atoms with Gasteiger partial charge >= 0.3 is 0 Å². The Kier molecular flexibility index (Phi) is 5.12. The van der Waals surface area contributed by atoms with Crippen LogP contribution in [-0.4, -0.2) is 17.5 Å². The van der Waals surface area contributed by atoms with Crippen LogP contribution in [0.4, 0.5) is 5.13 Å². The van der Waals surface area contributed by atoms with Gasteiger partial charge < -0.3 is 9.15 Å². The Morgan fingerprint density at radius 3 is 2.71 bits per heavy atom. The molecule has 0 radical (unpaired) electrons. The number of hydrogen-bond acceptors (Lipinski definition) is 5. The highest BCUT2D eigenvalue weighted by Gasteiger charge is 2.23. The zero-order valence-electron chi connectivity index (χ0n) is 15.7. The van der Waals surface area contributed by atoms with Crippen LogP contribution in [0.1, 0.15) is 28.6 Å². The molecule has 2 aromatic heterocycles. The summed E-state index contributed by atoms with van der Waals surface area (Å²) >= 11 is 1.50. The first-order valence-corrected chi connectivity index (χ1v) is 9.90. The van der Waals surface area contributed by atoms with Crippen molar-refractivity contribution >= 4 is 32.6 Å². The van der Waals surface area contributed by atoms with Crippen LogP contribution in [0.25, 0.3) is 10.2 Å². The zero-order chi connectivity index (χ0) is 19.5. The molecule has 0 saturated carbocycles. The van der Waals surface area contributed by atoms with Crippen molar-refractivity contribution in [3.63, 3.8) is 0 Å². The first-order chi connectivity index (χ1) is 13.6. The van der Waals surface area contributed by atoms with Crippen LogP contribution < -0.4 is 9.64 Å². The van der Waals surface area contributed by atoms with E-state index < -0.39 is 0 Å². The van der Waals surface area contributed by atoms with Gasteiger partial charge in [-0.05, 0) is 67.9 Å². The maximum Gasteiger partial charge on any atom is 0.260 e. The molecule has 142 valence electrons. The number of carbonyl (C=O) groups excluding carboxylic acids is 1. The van der Waals surface area contributed by atoms with E-state index in [-0.39, 0.29) is 5.91 Å². The quantitative estimate of drug-likeness (QED) is 0.438. The SMILES string of the molecule is CCOc1ccc(C(=O)N(Cc2ccco2)c2nc3ccc(C)cc3s2)cc1. The molecule has 0 aliphatic carbocycles. The molecule has 4 rings (SSSR count). The smallest absolute Gasteiger partial charge is 0.260 e. The van der Waals surface area contributed by atoms with Gasteiger partial charge in [-0.25, -0.2) is 4.98 Å². The summed E-state index contributed by atoms with van der Waals surface area (Å²) in [6.07, 6.45) is 1.61. The fourth-order valence-electron chi connectivity index (χ4n) is 2.94. The van der Waals surface area contributed by atoms with Crippen molar-refractivity contribution in [1.29, 1.82) is 0 Å². The lowest BCUT2D eigenvalue weighted by Gasteiger charge is -2.19. The molecule has 0 atom stereocenters. The molecule has 0 fully saturated rings. The predicted octanol–water partition coefficient (Wildman–Crippen LogP) is 5.44. The summed E-state index contributed by atoms with van der Waals surface area (Å²) in [6.45, 7) is 4.88. The average Bonchev–Trinajstić information content (AvgIpc) is 3.35. The van der Waals surface area contributed by atoms with Crippen LogP contribution in [0.15, 0.2) is 65.3 Å². The van der Waals surface area contributed by atoms with E-state index in [0.29, 0.717) is 29.6 Å². The molecule has 0 aliphatic heterocycles. The Hall–Kier alpha value is -3.12. The van der Waals surface area contributed by atoms with Crippen LogP contribution in [0.5, 0.6) is 5.75 Å². The standard InChI is InChI=1S/C22H20N2O3S/c1-3-26-17-9-7-16(8-10-17)21(25)24(14-18-5-4-12-27-18)22-23-19-11-6-15(2)13-20(19)28-22/h4-13H,3,14H2,1-2H3. The van der Waals surface area contributed by atoms with Crippen molar-refractivity contribution in [2.45, 2.75) is 20.4 Å². The summed E-state index contributed by atoms with van der Waals surface area (Å²) in [5.74, 6) is 1.32. The number of hydrogen-bond donors (Lipinski definition) is 0. The summed E-state index contributed by atoms with van der Waals surface area (Å²) < 4.78 is 12.0. The van der Waals surface area contributed by atoms with Crippen molar-refractivity contribution in [1.82, 2.24) is 4.98 Å². The minimum Gasteiger partial charge on any atom is -0.494 e. The first-order valence-electron chi connectivity index (χ1n) is 9.08. The molecule has 2 aromatic carbocycles. The Labute approximate surface area is 167 Å². The number of amides is 1. The number of nitrogens with zero attached hydrogens (tertiary/aromatic N) is 2. The van der Waals surface area contributed by atoms with E-state index in [2.05, 4.69) is 11.1 Å². The third-order valence-corrected chi connectivity index (χ3v) is 5.36. The van der Waals surface area contributed by atoms with Crippen molar-refractivity contribution in [3.8, 4) is 5.75 Å². The molecule has 4 aromatic rings. The highest BCUT2D eigenvalue weighted by atomic mass is 32.1. The predicted molar refractivity (Wildman–Crippen MR) is 111 cm³/mol. The average molecular weight is 392 g/mol. The van der Waals surface area contributed by atoms with Crippen molar-refractivity contribution in [2.24, 2.45) is 0 Å².